The summed E-state index contributed by atoms with van der Waals surface area (Å²) in [4.78, 5) is 3.85. The minimum Gasteiger partial charge on any atom is -0.489 e. The first-order valence-electron chi connectivity index (χ1n) is 5.96. The van der Waals surface area contributed by atoms with E-state index in [1.807, 2.05) is 19.1 Å². The summed E-state index contributed by atoms with van der Waals surface area (Å²) in [6.45, 7) is 2.57. The third kappa shape index (κ3) is 2.29. The molecule has 0 unspecified atom stereocenters. The molecule has 1 aliphatic heterocycles. The Morgan fingerprint density at radius 2 is 2.21 bits per heavy atom. The summed E-state index contributed by atoms with van der Waals surface area (Å²) in [5, 5.41) is 0. The van der Waals surface area contributed by atoms with E-state index in [9.17, 15) is 4.39 Å². The molecule has 96 valence electrons. The molecule has 0 saturated carbocycles. The number of pyridine rings is 1. The zero-order valence-electron chi connectivity index (χ0n) is 10.4. The highest BCUT2D eigenvalue weighted by Crippen LogP contribution is 2.34. The summed E-state index contributed by atoms with van der Waals surface area (Å²) in [5.74, 6) is 0.725. The average Bonchev–Trinajstić information content (AvgIpc) is 2.42. The van der Waals surface area contributed by atoms with Crippen molar-refractivity contribution in [2.75, 3.05) is 6.61 Å². The fourth-order valence-electron chi connectivity index (χ4n) is 1.94. The number of hydrogen-bond acceptors (Lipinski definition) is 3. The van der Waals surface area contributed by atoms with E-state index in [4.69, 9.17) is 9.47 Å². The van der Waals surface area contributed by atoms with Crippen LogP contribution in [0.3, 0.4) is 0 Å². The normalized spacial score (nSPS) is 13.3. The van der Waals surface area contributed by atoms with Crippen LogP contribution >= 0.6 is 0 Å². The molecule has 19 heavy (non-hydrogen) atoms. The highest BCUT2D eigenvalue weighted by atomic mass is 19.1. The van der Waals surface area contributed by atoms with Crippen LogP contribution in [0.4, 0.5) is 4.39 Å². The minimum absolute atomic E-state index is 0.0366. The molecule has 0 saturated heterocycles. The molecule has 1 aromatic heterocycles. The molecule has 3 rings (SSSR count). The van der Waals surface area contributed by atoms with Crippen molar-refractivity contribution in [2.24, 2.45) is 0 Å². The van der Waals surface area contributed by atoms with Gasteiger partial charge in [-0.15, -0.1) is 0 Å². The largest absolute Gasteiger partial charge is 0.489 e. The van der Waals surface area contributed by atoms with Crippen molar-refractivity contribution in [1.29, 1.82) is 0 Å². The third-order valence-corrected chi connectivity index (χ3v) is 2.95. The van der Waals surface area contributed by atoms with Gasteiger partial charge in [0, 0.05) is 17.8 Å². The first-order valence-corrected chi connectivity index (χ1v) is 5.96. The summed E-state index contributed by atoms with van der Waals surface area (Å²) in [6, 6.07) is 8.26. The van der Waals surface area contributed by atoms with Crippen LogP contribution in [0.25, 0.3) is 5.57 Å². The van der Waals surface area contributed by atoms with E-state index in [0.717, 1.165) is 16.9 Å². The molecular weight excluding hydrogens is 245 g/mol. The number of allylic oxidation sites excluding steroid dienone is 1. The van der Waals surface area contributed by atoms with Gasteiger partial charge in [-0.3, -0.25) is 0 Å². The van der Waals surface area contributed by atoms with Crippen LogP contribution in [0.2, 0.25) is 0 Å². The summed E-state index contributed by atoms with van der Waals surface area (Å²) in [6.07, 6.45) is 3.50. The van der Waals surface area contributed by atoms with Crippen LogP contribution in [0.5, 0.6) is 17.4 Å². The second kappa shape index (κ2) is 4.72. The second-order valence-electron chi connectivity index (χ2n) is 4.25. The van der Waals surface area contributed by atoms with Crippen LogP contribution in [-0.2, 0) is 0 Å². The molecule has 1 aromatic carbocycles. The molecule has 0 aliphatic carbocycles. The number of ether oxygens (including phenoxy) is 2. The minimum atomic E-state index is -0.489. The molecule has 3 nitrogen and oxygen atoms in total. The average molecular weight is 257 g/mol. The van der Waals surface area contributed by atoms with Gasteiger partial charge in [0.25, 0.3) is 5.88 Å². The molecule has 2 aromatic rings. The number of nitrogens with zero attached hydrogens (tertiary/aromatic N) is 1. The zero-order valence-corrected chi connectivity index (χ0v) is 10.4. The van der Waals surface area contributed by atoms with Gasteiger partial charge in [-0.2, -0.15) is 0 Å². The molecule has 2 heterocycles. The van der Waals surface area contributed by atoms with Crippen molar-refractivity contribution in [3.63, 3.8) is 0 Å². The van der Waals surface area contributed by atoms with Crippen molar-refractivity contribution < 1.29 is 13.9 Å². The highest BCUT2D eigenvalue weighted by molar-refractivity contribution is 5.71. The Morgan fingerprint density at radius 1 is 1.32 bits per heavy atom. The van der Waals surface area contributed by atoms with Gasteiger partial charge in [-0.1, -0.05) is 0 Å². The Hall–Kier alpha value is -2.36. The van der Waals surface area contributed by atoms with Crippen LogP contribution in [-0.4, -0.2) is 11.6 Å². The molecule has 0 fully saturated rings. The predicted molar refractivity (Wildman–Crippen MR) is 69.9 cm³/mol. The van der Waals surface area contributed by atoms with Crippen molar-refractivity contribution in [3.8, 4) is 17.4 Å². The van der Waals surface area contributed by atoms with Crippen LogP contribution in [0.1, 0.15) is 12.5 Å². The van der Waals surface area contributed by atoms with Gasteiger partial charge in [0.1, 0.15) is 18.1 Å². The Balaban J connectivity index is 1.91. The number of halogens is 1. The third-order valence-electron chi connectivity index (χ3n) is 2.95. The lowest BCUT2D eigenvalue weighted by molar-refractivity contribution is 0.353. The first-order chi connectivity index (χ1) is 9.24. The fourth-order valence-corrected chi connectivity index (χ4v) is 1.94. The van der Waals surface area contributed by atoms with Crippen LogP contribution < -0.4 is 9.47 Å². The Morgan fingerprint density at radius 3 is 3.05 bits per heavy atom. The Labute approximate surface area is 110 Å². The molecule has 1 aliphatic rings. The van der Waals surface area contributed by atoms with E-state index in [1.165, 1.54) is 18.3 Å². The second-order valence-corrected chi connectivity index (χ2v) is 4.25. The predicted octanol–water partition coefficient (Wildman–Crippen LogP) is 3.81. The van der Waals surface area contributed by atoms with E-state index in [0.29, 0.717) is 12.4 Å². The maximum Gasteiger partial charge on any atom is 0.255 e. The van der Waals surface area contributed by atoms with Gasteiger partial charge < -0.3 is 9.47 Å². The number of fused-ring (bicyclic) bond motifs is 1. The van der Waals surface area contributed by atoms with E-state index in [-0.39, 0.29) is 5.88 Å². The lowest BCUT2D eigenvalue weighted by Crippen LogP contribution is -2.03. The van der Waals surface area contributed by atoms with Crippen LogP contribution in [0, 0.1) is 5.82 Å². The summed E-state index contributed by atoms with van der Waals surface area (Å²) >= 11 is 0. The molecule has 0 atom stereocenters. The molecule has 0 spiro atoms. The van der Waals surface area contributed by atoms with E-state index in [2.05, 4.69) is 4.98 Å². The number of benzene rings is 1. The summed E-state index contributed by atoms with van der Waals surface area (Å²) < 4.78 is 24.4. The van der Waals surface area contributed by atoms with Gasteiger partial charge in [-0.25, -0.2) is 9.37 Å². The van der Waals surface area contributed by atoms with Crippen molar-refractivity contribution >= 4 is 5.57 Å². The van der Waals surface area contributed by atoms with Gasteiger partial charge in [0.2, 0.25) is 0 Å². The topological polar surface area (TPSA) is 31.4 Å². The van der Waals surface area contributed by atoms with Gasteiger partial charge >= 0.3 is 0 Å². The monoisotopic (exact) mass is 257 g/mol. The number of rotatable bonds is 2. The molecule has 0 bridgehead atoms. The molecular formula is C15H12FNO2. The maximum atomic E-state index is 13.4. The number of hydrogen-bond donors (Lipinski definition) is 0. The van der Waals surface area contributed by atoms with Gasteiger partial charge in [0.05, 0.1) is 0 Å². The molecule has 0 radical (unpaired) electrons. The lowest BCUT2D eigenvalue weighted by Gasteiger charge is -2.17. The first kappa shape index (κ1) is 11.7. The van der Waals surface area contributed by atoms with E-state index in [1.54, 1.807) is 12.1 Å². The van der Waals surface area contributed by atoms with Crippen molar-refractivity contribution in [2.45, 2.75) is 6.92 Å². The van der Waals surface area contributed by atoms with Gasteiger partial charge in [-0.05, 0) is 42.8 Å². The summed E-state index contributed by atoms with van der Waals surface area (Å²) in [5.41, 5.74) is 2.19. The molecule has 0 N–H and O–H groups in total. The zero-order chi connectivity index (χ0) is 13.2. The Bertz CT molecular complexity index is 652. The van der Waals surface area contributed by atoms with E-state index >= 15 is 0 Å². The van der Waals surface area contributed by atoms with E-state index < -0.39 is 5.82 Å². The maximum absolute atomic E-state index is 13.4. The lowest BCUT2D eigenvalue weighted by atomic mass is 10.0. The van der Waals surface area contributed by atoms with Gasteiger partial charge in [0.15, 0.2) is 5.82 Å². The Kier molecular flexibility index (Phi) is 2.91. The summed E-state index contributed by atoms with van der Waals surface area (Å²) in [7, 11) is 0. The van der Waals surface area contributed by atoms with Crippen molar-refractivity contribution in [1.82, 2.24) is 4.98 Å². The highest BCUT2D eigenvalue weighted by Gasteiger charge is 2.13. The quantitative estimate of drug-likeness (QED) is 0.819. The molecule has 0 amide bonds. The van der Waals surface area contributed by atoms with Crippen LogP contribution in [0.15, 0.2) is 42.6 Å². The molecule has 4 heteroatoms. The fraction of sp³-hybridized carbons (Fsp3) is 0.133. The smallest absolute Gasteiger partial charge is 0.255 e. The number of aromatic nitrogens is 1. The SMILES string of the molecule is CC1=CCOc2cc(Oc3ncccc3F)ccc21. The van der Waals surface area contributed by atoms with Crippen molar-refractivity contribution in [3.05, 3.63) is 54.0 Å². The standard InChI is InChI=1S/C15H12FNO2/c1-10-6-8-18-14-9-11(4-5-12(10)14)19-15-13(16)3-2-7-17-15/h2-7,9H,8H2,1H3.